The molecular weight excluding hydrogens is 226 g/mol. The Morgan fingerprint density at radius 2 is 1.89 bits per heavy atom. The number of aryl methyl sites for hydroxylation is 1. The Kier molecular flexibility index (Phi) is 3.92. The molecule has 0 radical (unpaired) electrons. The van der Waals surface area contributed by atoms with Crippen LogP contribution < -0.4 is 16.0 Å². The maximum Gasteiger partial charge on any atom is 0.137 e. The van der Waals surface area contributed by atoms with E-state index in [1.54, 1.807) is 19.5 Å². The Hall–Kier alpha value is -1.91. The zero-order valence-electron chi connectivity index (χ0n) is 10.6. The Bertz CT molecular complexity index is 511. The highest BCUT2D eigenvalue weighted by molar-refractivity contribution is 5.35. The van der Waals surface area contributed by atoms with Crippen LogP contribution >= 0.6 is 0 Å². The molecule has 0 spiro atoms. The van der Waals surface area contributed by atoms with Crippen molar-refractivity contribution in [2.45, 2.75) is 13.0 Å². The molecule has 94 valence electrons. The average molecular weight is 243 g/mol. The molecule has 1 heterocycles. The molecule has 0 amide bonds. The van der Waals surface area contributed by atoms with Gasteiger partial charge in [0.2, 0.25) is 0 Å². The lowest BCUT2D eigenvalue weighted by molar-refractivity contribution is 0.411. The molecule has 0 aliphatic heterocycles. The van der Waals surface area contributed by atoms with Gasteiger partial charge in [-0.1, -0.05) is 29.8 Å². The second kappa shape index (κ2) is 5.62. The minimum atomic E-state index is -0.0896. The predicted octanol–water partition coefficient (Wildman–Crippen LogP) is 1.95. The molecule has 0 aliphatic carbocycles. The lowest BCUT2D eigenvalue weighted by atomic mass is 10.00. The summed E-state index contributed by atoms with van der Waals surface area (Å²) in [5.41, 5.74) is 6.10. The number of nitrogens with zero attached hydrogens (tertiary/aromatic N) is 1. The van der Waals surface area contributed by atoms with Crippen LogP contribution in [0, 0.1) is 6.92 Å². The summed E-state index contributed by atoms with van der Waals surface area (Å²) in [7, 11) is 1.62. The Morgan fingerprint density at radius 3 is 2.50 bits per heavy atom. The van der Waals surface area contributed by atoms with Crippen molar-refractivity contribution in [1.29, 1.82) is 0 Å². The number of aromatic nitrogens is 1. The normalized spacial score (nSPS) is 12.2. The van der Waals surface area contributed by atoms with Gasteiger partial charge in [-0.05, 0) is 24.1 Å². The first-order valence-corrected chi connectivity index (χ1v) is 5.76. The van der Waals surface area contributed by atoms with Gasteiger partial charge in [0.15, 0.2) is 0 Å². The van der Waals surface area contributed by atoms with Crippen molar-refractivity contribution in [3.63, 3.8) is 0 Å². The molecule has 2 aromatic rings. The summed E-state index contributed by atoms with van der Waals surface area (Å²) >= 11 is 0. The topological polar surface area (TPSA) is 60.2 Å². The second-order valence-electron chi connectivity index (χ2n) is 4.17. The maximum absolute atomic E-state index is 5.65. The number of hydrazine groups is 1. The van der Waals surface area contributed by atoms with E-state index >= 15 is 0 Å². The van der Waals surface area contributed by atoms with Crippen LogP contribution in [0.1, 0.15) is 22.7 Å². The number of nitrogens with one attached hydrogen (secondary N) is 1. The van der Waals surface area contributed by atoms with Crippen molar-refractivity contribution in [1.82, 2.24) is 10.4 Å². The maximum atomic E-state index is 5.65. The Labute approximate surface area is 107 Å². The van der Waals surface area contributed by atoms with E-state index in [1.165, 1.54) is 5.56 Å². The molecular formula is C14H17N3O. The van der Waals surface area contributed by atoms with Crippen molar-refractivity contribution in [3.8, 4) is 5.75 Å². The van der Waals surface area contributed by atoms with Crippen LogP contribution in [0.5, 0.6) is 5.75 Å². The first kappa shape index (κ1) is 12.5. The summed E-state index contributed by atoms with van der Waals surface area (Å²) in [6.45, 7) is 2.06. The second-order valence-corrected chi connectivity index (χ2v) is 4.17. The Balaban J connectivity index is 2.35. The van der Waals surface area contributed by atoms with Crippen LogP contribution in [-0.2, 0) is 0 Å². The summed E-state index contributed by atoms with van der Waals surface area (Å²) in [6, 6.07) is 10.1. The summed E-state index contributed by atoms with van der Waals surface area (Å²) in [5, 5.41) is 0. The summed E-state index contributed by atoms with van der Waals surface area (Å²) in [4.78, 5) is 4.15. The van der Waals surface area contributed by atoms with Crippen molar-refractivity contribution in [3.05, 3.63) is 59.4 Å². The third-order valence-electron chi connectivity index (χ3n) is 2.88. The molecule has 1 unspecified atom stereocenters. The molecule has 18 heavy (non-hydrogen) atoms. The fourth-order valence-electron chi connectivity index (χ4n) is 1.85. The van der Waals surface area contributed by atoms with Gasteiger partial charge in [0.1, 0.15) is 5.75 Å². The minimum Gasteiger partial charge on any atom is -0.495 e. The molecule has 0 fully saturated rings. The van der Waals surface area contributed by atoms with Crippen LogP contribution in [0.4, 0.5) is 0 Å². The monoisotopic (exact) mass is 243 g/mol. The molecule has 1 aromatic carbocycles. The molecule has 4 heteroatoms. The van der Waals surface area contributed by atoms with Gasteiger partial charge in [0, 0.05) is 6.20 Å². The third kappa shape index (κ3) is 2.67. The third-order valence-corrected chi connectivity index (χ3v) is 2.88. The molecule has 0 aliphatic rings. The van der Waals surface area contributed by atoms with E-state index < -0.39 is 0 Å². The van der Waals surface area contributed by atoms with Crippen LogP contribution in [0.15, 0.2) is 42.7 Å². The highest BCUT2D eigenvalue weighted by atomic mass is 16.5. The van der Waals surface area contributed by atoms with Gasteiger partial charge in [0.05, 0.1) is 19.3 Å². The fourth-order valence-corrected chi connectivity index (χ4v) is 1.85. The number of pyridine rings is 1. The largest absolute Gasteiger partial charge is 0.495 e. The molecule has 0 bridgehead atoms. The van der Waals surface area contributed by atoms with E-state index in [1.807, 2.05) is 6.07 Å². The first-order valence-electron chi connectivity index (χ1n) is 5.76. The molecule has 0 saturated heterocycles. The molecule has 3 N–H and O–H groups in total. The number of hydrogen-bond donors (Lipinski definition) is 2. The standard InChI is InChI=1S/C14H17N3O/c1-10-3-5-11(6-4-10)14(17-15)12-7-13(18-2)9-16-8-12/h3-9,14,17H,15H2,1-2H3. The molecule has 1 atom stereocenters. The van der Waals surface area contributed by atoms with Crippen molar-refractivity contribution in [2.24, 2.45) is 5.84 Å². The molecule has 2 rings (SSSR count). The summed E-state index contributed by atoms with van der Waals surface area (Å²) in [5.74, 6) is 6.37. The fraction of sp³-hybridized carbons (Fsp3) is 0.214. The van der Waals surface area contributed by atoms with Gasteiger partial charge >= 0.3 is 0 Å². The van der Waals surface area contributed by atoms with Gasteiger partial charge in [-0.2, -0.15) is 0 Å². The quantitative estimate of drug-likeness (QED) is 0.636. The first-order chi connectivity index (χ1) is 8.74. The number of ether oxygens (including phenoxy) is 1. The van der Waals surface area contributed by atoms with Crippen molar-refractivity contribution < 1.29 is 4.74 Å². The van der Waals surface area contributed by atoms with E-state index in [2.05, 4.69) is 41.6 Å². The van der Waals surface area contributed by atoms with Crippen LogP contribution in [0.2, 0.25) is 0 Å². The highest BCUT2D eigenvalue weighted by Crippen LogP contribution is 2.23. The van der Waals surface area contributed by atoms with Gasteiger partial charge < -0.3 is 4.74 Å². The number of rotatable bonds is 4. The summed E-state index contributed by atoms with van der Waals surface area (Å²) < 4.78 is 5.17. The van der Waals surface area contributed by atoms with E-state index in [0.717, 1.165) is 16.9 Å². The number of methoxy groups -OCH3 is 1. The van der Waals surface area contributed by atoms with Gasteiger partial charge in [-0.15, -0.1) is 0 Å². The lowest BCUT2D eigenvalue weighted by Gasteiger charge is -2.17. The van der Waals surface area contributed by atoms with Gasteiger partial charge in [0.25, 0.3) is 0 Å². The number of benzene rings is 1. The molecule has 4 nitrogen and oxygen atoms in total. The average Bonchev–Trinajstić information content (AvgIpc) is 2.42. The van der Waals surface area contributed by atoms with Crippen LogP contribution in [0.3, 0.4) is 0 Å². The predicted molar refractivity (Wildman–Crippen MR) is 71.1 cm³/mol. The van der Waals surface area contributed by atoms with Crippen LogP contribution in [-0.4, -0.2) is 12.1 Å². The number of nitrogens with two attached hydrogens (primary N) is 1. The Morgan fingerprint density at radius 1 is 1.17 bits per heavy atom. The van der Waals surface area contributed by atoms with E-state index in [0.29, 0.717) is 0 Å². The van der Waals surface area contributed by atoms with E-state index in [4.69, 9.17) is 10.6 Å². The lowest BCUT2D eigenvalue weighted by Crippen LogP contribution is -2.28. The van der Waals surface area contributed by atoms with Crippen molar-refractivity contribution in [2.75, 3.05) is 7.11 Å². The zero-order valence-corrected chi connectivity index (χ0v) is 10.6. The smallest absolute Gasteiger partial charge is 0.137 e. The SMILES string of the molecule is COc1cncc(C(NN)c2ccc(C)cc2)c1. The highest BCUT2D eigenvalue weighted by Gasteiger charge is 2.13. The number of hydrogen-bond acceptors (Lipinski definition) is 4. The minimum absolute atomic E-state index is 0.0896. The van der Waals surface area contributed by atoms with Gasteiger partial charge in [-0.25, -0.2) is 5.43 Å². The van der Waals surface area contributed by atoms with Crippen LogP contribution in [0.25, 0.3) is 0 Å². The van der Waals surface area contributed by atoms with E-state index in [9.17, 15) is 0 Å². The summed E-state index contributed by atoms with van der Waals surface area (Å²) in [6.07, 6.45) is 3.46. The molecule has 1 aromatic heterocycles. The zero-order chi connectivity index (χ0) is 13.0. The van der Waals surface area contributed by atoms with E-state index in [-0.39, 0.29) is 6.04 Å². The van der Waals surface area contributed by atoms with Crippen molar-refractivity contribution >= 4 is 0 Å². The molecule has 0 saturated carbocycles. The van der Waals surface area contributed by atoms with Gasteiger partial charge in [-0.3, -0.25) is 10.8 Å².